The van der Waals surface area contributed by atoms with Gasteiger partial charge in [-0.1, -0.05) is 35.3 Å². The molecular formula is C14H10Cl2N2O3. The zero-order valence-electron chi connectivity index (χ0n) is 10.6. The Hall–Kier alpha value is -2.24. The number of anilines is 2. The summed E-state index contributed by atoms with van der Waals surface area (Å²) in [6, 6.07) is 8.67. The lowest BCUT2D eigenvalue weighted by molar-refractivity contribution is 0.0692. The van der Waals surface area contributed by atoms with E-state index in [0.717, 1.165) is 0 Å². The Labute approximate surface area is 130 Å². The number of amides is 1. The molecular weight excluding hydrogens is 315 g/mol. The number of carbonyl (C=O) groups is 2. The number of hydrogen-bond donors (Lipinski definition) is 3. The van der Waals surface area contributed by atoms with Gasteiger partial charge in [0.25, 0.3) is 5.91 Å². The second kappa shape index (κ2) is 6.03. The Morgan fingerprint density at radius 2 is 1.62 bits per heavy atom. The molecule has 0 spiro atoms. The minimum absolute atomic E-state index is 0.0236. The number of carboxylic acids is 1. The summed E-state index contributed by atoms with van der Waals surface area (Å²) in [5.41, 5.74) is 6.15. The van der Waals surface area contributed by atoms with Gasteiger partial charge in [-0.05, 0) is 24.3 Å². The molecule has 108 valence electrons. The van der Waals surface area contributed by atoms with Gasteiger partial charge in [-0.3, -0.25) is 4.79 Å². The minimum atomic E-state index is -1.19. The average Bonchev–Trinajstić information content (AvgIpc) is 2.44. The molecule has 5 nitrogen and oxygen atoms in total. The number of rotatable bonds is 3. The molecule has 0 heterocycles. The van der Waals surface area contributed by atoms with Crippen LogP contribution < -0.4 is 11.1 Å². The molecule has 2 aromatic carbocycles. The van der Waals surface area contributed by atoms with Gasteiger partial charge in [0.2, 0.25) is 0 Å². The number of carbonyl (C=O) groups excluding carboxylic acids is 1. The van der Waals surface area contributed by atoms with Crippen LogP contribution in [0.3, 0.4) is 0 Å². The molecule has 0 saturated heterocycles. The maximum atomic E-state index is 12.2. The molecule has 2 rings (SSSR count). The standard InChI is InChI=1S/C14H10Cl2N2O3/c15-9-5-11(17)12(6-10(9)16)18-13(19)7-3-1-2-4-8(7)14(20)21/h1-6H,17H2,(H,18,19)(H,20,21). The summed E-state index contributed by atoms with van der Waals surface area (Å²) in [4.78, 5) is 23.3. The summed E-state index contributed by atoms with van der Waals surface area (Å²) in [6.45, 7) is 0. The van der Waals surface area contributed by atoms with Crippen LogP contribution in [0.4, 0.5) is 11.4 Å². The Kier molecular flexibility index (Phi) is 4.35. The van der Waals surface area contributed by atoms with E-state index in [2.05, 4.69) is 5.32 Å². The van der Waals surface area contributed by atoms with E-state index in [1.807, 2.05) is 0 Å². The lowest BCUT2D eigenvalue weighted by atomic mass is 10.1. The number of carboxylic acid groups (broad SMARTS) is 1. The van der Waals surface area contributed by atoms with Crippen molar-refractivity contribution in [1.29, 1.82) is 0 Å². The highest BCUT2D eigenvalue weighted by Crippen LogP contribution is 2.31. The quantitative estimate of drug-likeness (QED) is 0.753. The van der Waals surface area contributed by atoms with Crippen LogP contribution >= 0.6 is 23.2 Å². The molecule has 2 aromatic rings. The van der Waals surface area contributed by atoms with Crippen molar-refractivity contribution in [2.24, 2.45) is 0 Å². The third-order valence-corrected chi connectivity index (χ3v) is 3.46. The fourth-order valence-electron chi connectivity index (χ4n) is 1.73. The predicted molar refractivity (Wildman–Crippen MR) is 82.2 cm³/mol. The third-order valence-electron chi connectivity index (χ3n) is 2.74. The summed E-state index contributed by atoms with van der Waals surface area (Å²) in [7, 11) is 0. The normalized spacial score (nSPS) is 10.2. The smallest absolute Gasteiger partial charge is 0.336 e. The van der Waals surface area contributed by atoms with Crippen LogP contribution in [0.2, 0.25) is 10.0 Å². The predicted octanol–water partition coefficient (Wildman–Crippen LogP) is 3.53. The Morgan fingerprint density at radius 1 is 1.05 bits per heavy atom. The SMILES string of the molecule is Nc1cc(Cl)c(Cl)cc1NC(=O)c1ccccc1C(=O)O. The number of nitrogens with one attached hydrogen (secondary N) is 1. The second-order valence-electron chi connectivity index (χ2n) is 4.16. The highest BCUT2D eigenvalue weighted by Gasteiger charge is 2.17. The van der Waals surface area contributed by atoms with Crippen LogP contribution in [0, 0.1) is 0 Å². The fraction of sp³-hybridized carbons (Fsp3) is 0. The van der Waals surface area contributed by atoms with Crippen molar-refractivity contribution < 1.29 is 14.7 Å². The van der Waals surface area contributed by atoms with Crippen LogP contribution in [-0.2, 0) is 0 Å². The number of nitrogens with two attached hydrogens (primary N) is 1. The molecule has 0 atom stereocenters. The molecule has 0 aliphatic heterocycles. The Balaban J connectivity index is 2.35. The molecule has 0 unspecified atom stereocenters. The van der Waals surface area contributed by atoms with Crippen LogP contribution in [0.1, 0.15) is 20.7 Å². The molecule has 0 saturated carbocycles. The van der Waals surface area contributed by atoms with Crippen molar-refractivity contribution in [2.75, 3.05) is 11.1 Å². The number of nitrogen functional groups attached to an aromatic ring is 1. The second-order valence-corrected chi connectivity index (χ2v) is 4.97. The molecule has 4 N–H and O–H groups in total. The zero-order chi connectivity index (χ0) is 15.6. The van der Waals surface area contributed by atoms with E-state index in [9.17, 15) is 9.59 Å². The average molecular weight is 325 g/mol. The van der Waals surface area contributed by atoms with Crippen molar-refractivity contribution in [1.82, 2.24) is 0 Å². The molecule has 0 aliphatic rings. The summed E-state index contributed by atoms with van der Waals surface area (Å²) in [5.74, 6) is -1.79. The highest BCUT2D eigenvalue weighted by molar-refractivity contribution is 6.42. The molecule has 0 fully saturated rings. The summed E-state index contributed by atoms with van der Waals surface area (Å²) >= 11 is 11.7. The maximum Gasteiger partial charge on any atom is 0.336 e. The molecule has 1 amide bonds. The zero-order valence-corrected chi connectivity index (χ0v) is 12.1. The molecule has 0 bridgehead atoms. The van der Waals surface area contributed by atoms with Gasteiger partial charge in [-0.25, -0.2) is 4.79 Å². The van der Waals surface area contributed by atoms with Crippen molar-refractivity contribution >= 4 is 46.5 Å². The van der Waals surface area contributed by atoms with Crippen LogP contribution in [-0.4, -0.2) is 17.0 Å². The van der Waals surface area contributed by atoms with Crippen LogP contribution in [0.5, 0.6) is 0 Å². The number of halogens is 2. The van der Waals surface area contributed by atoms with Gasteiger partial charge in [0.05, 0.1) is 32.5 Å². The van der Waals surface area contributed by atoms with Gasteiger partial charge in [0, 0.05) is 0 Å². The maximum absolute atomic E-state index is 12.2. The van der Waals surface area contributed by atoms with E-state index >= 15 is 0 Å². The first-order chi connectivity index (χ1) is 9.90. The van der Waals surface area contributed by atoms with E-state index < -0.39 is 11.9 Å². The number of benzene rings is 2. The van der Waals surface area contributed by atoms with Gasteiger partial charge in [0.1, 0.15) is 0 Å². The third kappa shape index (κ3) is 3.26. The topological polar surface area (TPSA) is 92.4 Å². The van der Waals surface area contributed by atoms with Crippen LogP contribution in [0.25, 0.3) is 0 Å². The van der Waals surface area contributed by atoms with Gasteiger partial charge in [-0.2, -0.15) is 0 Å². The lowest BCUT2D eigenvalue weighted by Gasteiger charge is -2.11. The number of aromatic carboxylic acids is 1. The summed E-state index contributed by atoms with van der Waals surface area (Å²) in [6.07, 6.45) is 0. The van der Waals surface area contributed by atoms with E-state index in [0.29, 0.717) is 0 Å². The van der Waals surface area contributed by atoms with Crippen molar-refractivity contribution in [3.8, 4) is 0 Å². The van der Waals surface area contributed by atoms with Crippen molar-refractivity contribution in [3.63, 3.8) is 0 Å². The van der Waals surface area contributed by atoms with E-state index in [1.54, 1.807) is 6.07 Å². The van der Waals surface area contributed by atoms with E-state index in [1.165, 1.54) is 30.3 Å². The van der Waals surface area contributed by atoms with Crippen molar-refractivity contribution in [3.05, 3.63) is 57.6 Å². The van der Waals surface area contributed by atoms with Crippen molar-refractivity contribution in [2.45, 2.75) is 0 Å². The molecule has 0 radical (unpaired) electrons. The Bertz CT molecular complexity index is 732. The highest BCUT2D eigenvalue weighted by atomic mass is 35.5. The van der Waals surface area contributed by atoms with E-state index in [-0.39, 0.29) is 32.5 Å². The van der Waals surface area contributed by atoms with Gasteiger partial charge >= 0.3 is 5.97 Å². The number of hydrogen-bond acceptors (Lipinski definition) is 3. The Morgan fingerprint density at radius 3 is 2.24 bits per heavy atom. The summed E-state index contributed by atoms with van der Waals surface area (Å²) < 4.78 is 0. The summed E-state index contributed by atoms with van der Waals surface area (Å²) in [5, 5.41) is 12.1. The monoisotopic (exact) mass is 324 g/mol. The molecule has 0 aromatic heterocycles. The fourth-order valence-corrected chi connectivity index (χ4v) is 2.06. The van der Waals surface area contributed by atoms with E-state index in [4.69, 9.17) is 34.0 Å². The first-order valence-electron chi connectivity index (χ1n) is 5.78. The van der Waals surface area contributed by atoms with Crippen LogP contribution in [0.15, 0.2) is 36.4 Å². The lowest BCUT2D eigenvalue weighted by Crippen LogP contribution is -2.17. The van der Waals surface area contributed by atoms with Gasteiger partial charge in [0.15, 0.2) is 0 Å². The molecule has 21 heavy (non-hydrogen) atoms. The molecule has 7 heteroatoms. The first-order valence-corrected chi connectivity index (χ1v) is 6.54. The van der Waals surface area contributed by atoms with Gasteiger partial charge < -0.3 is 16.2 Å². The van der Waals surface area contributed by atoms with Gasteiger partial charge in [-0.15, -0.1) is 0 Å². The first kappa shape index (κ1) is 15.2. The largest absolute Gasteiger partial charge is 0.478 e. The molecule has 0 aliphatic carbocycles. The minimum Gasteiger partial charge on any atom is -0.478 e.